The number of aryl methyl sites for hydroxylation is 2. The number of rotatable bonds is 6. The summed E-state index contributed by atoms with van der Waals surface area (Å²) in [5.74, 6) is 0. The van der Waals surface area contributed by atoms with Crippen molar-refractivity contribution in [3.8, 4) is 0 Å². The molecule has 1 nitrogen and oxygen atoms in total. The smallest absolute Gasteiger partial charge is 0.0323 e. The summed E-state index contributed by atoms with van der Waals surface area (Å²) in [5, 5.41) is 5.74. The van der Waals surface area contributed by atoms with Gasteiger partial charge in [0.15, 0.2) is 0 Å². The molecular weight excluding hydrogens is 238 g/mol. The molecule has 1 N–H and O–H groups in total. The maximum absolute atomic E-state index is 3.59. The lowest BCUT2D eigenvalue weighted by Gasteiger charge is -2.18. The van der Waals surface area contributed by atoms with Crippen LogP contribution in [0.2, 0.25) is 0 Å². The van der Waals surface area contributed by atoms with Gasteiger partial charge in [-0.15, -0.1) is 11.3 Å². The third-order valence-corrected chi connectivity index (χ3v) is 4.13. The number of hydrogen-bond donors (Lipinski definition) is 1. The Balaban J connectivity index is 2.01. The molecular formula is C16H21NS. The van der Waals surface area contributed by atoms with E-state index < -0.39 is 0 Å². The lowest BCUT2D eigenvalue weighted by atomic mass is 10.0. The molecule has 0 spiro atoms. The van der Waals surface area contributed by atoms with E-state index in [0.717, 1.165) is 19.4 Å². The molecule has 0 aliphatic carbocycles. The molecule has 0 fully saturated rings. The molecule has 0 saturated heterocycles. The summed E-state index contributed by atoms with van der Waals surface area (Å²) in [6.45, 7) is 5.33. The zero-order valence-corrected chi connectivity index (χ0v) is 12.0. The first-order valence-corrected chi connectivity index (χ1v) is 7.50. The Morgan fingerprint density at radius 1 is 1.17 bits per heavy atom. The van der Waals surface area contributed by atoms with Crippen LogP contribution in [0, 0.1) is 6.92 Å². The second-order valence-electron chi connectivity index (χ2n) is 4.64. The van der Waals surface area contributed by atoms with Crippen LogP contribution in [-0.2, 0) is 6.42 Å². The van der Waals surface area contributed by atoms with Crippen LogP contribution >= 0.6 is 11.3 Å². The van der Waals surface area contributed by atoms with E-state index in [-0.39, 0.29) is 0 Å². The average Bonchev–Trinajstić information content (AvgIpc) is 2.89. The van der Waals surface area contributed by atoms with Crippen molar-refractivity contribution in [2.75, 3.05) is 6.54 Å². The van der Waals surface area contributed by atoms with Crippen molar-refractivity contribution < 1.29 is 0 Å². The van der Waals surface area contributed by atoms with E-state index >= 15 is 0 Å². The summed E-state index contributed by atoms with van der Waals surface area (Å²) < 4.78 is 0. The van der Waals surface area contributed by atoms with E-state index in [9.17, 15) is 0 Å². The molecule has 1 unspecified atom stereocenters. The number of hydrogen-bond acceptors (Lipinski definition) is 2. The van der Waals surface area contributed by atoms with Gasteiger partial charge in [0.2, 0.25) is 0 Å². The quantitative estimate of drug-likeness (QED) is 0.813. The lowest BCUT2D eigenvalue weighted by Crippen LogP contribution is -2.21. The first-order valence-electron chi connectivity index (χ1n) is 6.62. The van der Waals surface area contributed by atoms with Gasteiger partial charge in [-0.2, -0.15) is 0 Å². The molecule has 0 amide bonds. The fourth-order valence-corrected chi connectivity index (χ4v) is 2.90. The topological polar surface area (TPSA) is 12.0 Å². The van der Waals surface area contributed by atoms with Crippen molar-refractivity contribution >= 4 is 11.3 Å². The minimum absolute atomic E-state index is 0.470. The van der Waals surface area contributed by atoms with Crippen LogP contribution in [0.15, 0.2) is 41.8 Å². The summed E-state index contributed by atoms with van der Waals surface area (Å²) in [7, 11) is 0. The Morgan fingerprint density at radius 3 is 2.56 bits per heavy atom. The van der Waals surface area contributed by atoms with Gasteiger partial charge in [0.25, 0.3) is 0 Å². The van der Waals surface area contributed by atoms with E-state index in [1.54, 1.807) is 0 Å². The SMILES string of the molecule is CCNC(CCc1cccs1)c1ccc(C)cc1. The molecule has 96 valence electrons. The van der Waals surface area contributed by atoms with Crippen molar-refractivity contribution in [3.05, 3.63) is 57.8 Å². The first-order chi connectivity index (χ1) is 8.79. The number of thiophene rings is 1. The van der Waals surface area contributed by atoms with Gasteiger partial charge < -0.3 is 5.32 Å². The van der Waals surface area contributed by atoms with Gasteiger partial charge in [-0.25, -0.2) is 0 Å². The van der Waals surface area contributed by atoms with E-state index in [1.807, 2.05) is 11.3 Å². The third kappa shape index (κ3) is 3.69. The molecule has 0 bridgehead atoms. The van der Waals surface area contributed by atoms with E-state index in [1.165, 1.54) is 16.0 Å². The largest absolute Gasteiger partial charge is 0.310 e. The molecule has 2 rings (SSSR count). The van der Waals surface area contributed by atoms with Crippen molar-refractivity contribution in [1.29, 1.82) is 0 Å². The Hall–Kier alpha value is -1.12. The van der Waals surface area contributed by atoms with Crippen LogP contribution in [0.3, 0.4) is 0 Å². The summed E-state index contributed by atoms with van der Waals surface area (Å²) >= 11 is 1.85. The number of nitrogens with one attached hydrogen (secondary N) is 1. The highest BCUT2D eigenvalue weighted by Crippen LogP contribution is 2.21. The lowest BCUT2D eigenvalue weighted by molar-refractivity contribution is 0.517. The van der Waals surface area contributed by atoms with E-state index in [0.29, 0.717) is 6.04 Å². The Labute approximate surface area is 114 Å². The van der Waals surface area contributed by atoms with Gasteiger partial charge >= 0.3 is 0 Å². The third-order valence-electron chi connectivity index (χ3n) is 3.19. The fourth-order valence-electron chi connectivity index (χ4n) is 2.17. The molecule has 1 atom stereocenters. The Kier molecular flexibility index (Phi) is 4.97. The second-order valence-corrected chi connectivity index (χ2v) is 5.67. The standard InChI is InChI=1S/C16H21NS/c1-3-17-16(11-10-15-5-4-12-18-15)14-8-6-13(2)7-9-14/h4-9,12,16-17H,3,10-11H2,1-2H3. The van der Waals surface area contributed by atoms with Crippen molar-refractivity contribution in [2.45, 2.75) is 32.7 Å². The van der Waals surface area contributed by atoms with Gasteiger partial charge in [-0.05, 0) is 43.3 Å². The van der Waals surface area contributed by atoms with Gasteiger partial charge in [0.1, 0.15) is 0 Å². The maximum atomic E-state index is 3.59. The first kappa shape index (κ1) is 13.3. The molecule has 2 aromatic rings. The molecule has 0 radical (unpaired) electrons. The van der Waals surface area contributed by atoms with Gasteiger partial charge in [0, 0.05) is 10.9 Å². The van der Waals surface area contributed by atoms with Crippen molar-refractivity contribution in [2.24, 2.45) is 0 Å². The molecule has 18 heavy (non-hydrogen) atoms. The average molecular weight is 259 g/mol. The Morgan fingerprint density at radius 2 is 1.94 bits per heavy atom. The van der Waals surface area contributed by atoms with E-state index in [2.05, 4.69) is 60.9 Å². The van der Waals surface area contributed by atoms with Crippen LogP contribution in [0.1, 0.15) is 35.4 Å². The highest BCUT2D eigenvalue weighted by atomic mass is 32.1. The van der Waals surface area contributed by atoms with Gasteiger partial charge in [0.05, 0.1) is 0 Å². The van der Waals surface area contributed by atoms with Crippen LogP contribution in [-0.4, -0.2) is 6.54 Å². The predicted octanol–water partition coefficient (Wildman–Crippen LogP) is 4.34. The van der Waals surface area contributed by atoms with Crippen molar-refractivity contribution in [1.82, 2.24) is 5.32 Å². The Bertz CT molecular complexity index is 444. The van der Waals surface area contributed by atoms with Crippen LogP contribution < -0.4 is 5.32 Å². The minimum atomic E-state index is 0.470. The molecule has 0 saturated carbocycles. The van der Waals surface area contributed by atoms with Crippen LogP contribution in [0.5, 0.6) is 0 Å². The van der Waals surface area contributed by atoms with Gasteiger partial charge in [-0.3, -0.25) is 0 Å². The molecule has 1 aromatic heterocycles. The van der Waals surface area contributed by atoms with E-state index in [4.69, 9.17) is 0 Å². The van der Waals surface area contributed by atoms with Gasteiger partial charge in [-0.1, -0.05) is 42.8 Å². The van der Waals surface area contributed by atoms with Crippen LogP contribution in [0.25, 0.3) is 0 Å². The molecule has 2 heteroatoms. The zero-order chi connectivity index (χ0) is 12.8. The maximum Gasteiger partial charge on any atom is 0.0323 e. The predicted molar refractivity (Wildman–Crippen MR) is 80.2 cm³/mol. The molecule has 0 aliphatic heterocycles. The summed E-state index contributed by atoms with van der Waals surface area (Å²) in [5.41, 5.74) is 2.73. The monoisotopic (exact) mass is 259 g/mol. The highest BCUT2D eigenvalue weighted by Gasteiger charge is 2.10. The molecule has 1 heterocycles. The zero-order valence-electron chi connectivity index (χ0n) is 11.1. The summed E-state index contributed by atoms with van der Waals surface area (Å²) in [6.07, 6.45) is 2.32. The highest BCUT2D eigenvalue weighted by molar-refractivity contribution is 7.09. The second kappa shape index (κ2) is 6.72. The summed E-state index contributed by atoms with van der Waals surface area (Å²) in [6, 6.07) is 13.7. The van der Waals surface area contributed by atoms with Crippen molar-refractivity contribution in [3.63, 3.8) is 0 Å². The molecule has 1 aromatic carbocycles. The number of benzene rings is 1. The fraction of sp³-hybridized carbons (Fsp3) is 0.375. The molecule has 0 aliphatic rings. The normalized spacial score (nSPS) is 12.6. The minimum Gasteiger partial charge on any atom is -0.310 e. The summed E-state index contributed by atoms with van der Waals surface area (Å²) in [4.78, 5) is 1.48. The van der Waals surface area contributed by atoms with Crippen LogP contribution in [0.4, 0.5) is 0 Å².